The van der Waals surface area contributed by atoms with Gasteiger partial charge in [0.1, 0.15) is 5.82 Å². The maximum atomic E-state index is 11.6. The number of anilines is 1. The lowest BCUT2D eigenvalue weighted by atomic mass is 9.96. The van der Waals surface area contributed by atoms with E-state index in [1.807, 2.05) is 20.8 Å². The van der Waals surface area contributed by atoms with Crippen LogP contribution in [0.25, 0.3) is 0 Å². The lowest BCUT2D eigenvalue weighted by molar-refractivity contribution is -0.115. The van der Waals surface area contributed by atoms with Crippen LogP contribution < -0.4 is 10.6 Å². The Morgan fingerprint density at radius 1 is 1.32 bits per heavy atom. The van der Waals surface area contributed by atoms with Gasteiger partial charge in [0.25, 0.3) is 0 Å². The Hall–Kier alpha value is -1.53. The third-order valence-corrected chi connectivity index (χ3v) is 2.37. The highest BCUT2D eigenvalue weighted by molar-refractivity contribution is 5.91. The molecule has 0 fully saturated rings. The molecule has 0 atom stereocenters. The highest BCUT2D eigenvalue weighted by Crippen LogP contribution is 2.17. The fourth-order valence-corrected chi connectivity index (χ4v) is 1.36. The van der Waals surface area contributed by atoms with E-state index in [0.29, 0.717) is 18.8 Å². The summed E-state index contributed by atoms with van der Waals surface area (Å²) in [4.78, 5) is 20.1. The number of carbonyl (C=O) groups excluding carboxylic acids is 1. The fraction of sp³-hybridized carbons (Fsp3) is 0.615. The molecule has 1 amide bonds. The number of amides is 1. The van der Waals surface area contributed by atoms with Crippen LogP contribution in [-0.2, 0) is 14.9 Å². The average molecular weight is 266 g/mol. The zero-order valence-electron chi connectivity index (χ0n) is 12.0. The van der Waals surface area contributed by atoms with Crippen molar-refractivity contribution >= 4 is 11.6 Å². The van der Waals surface area contributed by atoms with Crippen molar-refractivity contribution in [3.8, 4) is 0 Å². The fourth-order valence-electron chi connectivity index (χ4n) is 1.36. The second-order valence-corrected chi connectivity index (χ2v) is 5.26. The first-order valence-corrected chi connectivity index (χ1v) is 6.25. The number of aromatic nitrogens is 2. The number of carbonyl (C=O) groups is 1. The van der Waals surface area contributed by atoms with E-state index in [4.69, 9.17) is 4.74 Å². The van der Waals surface area contributed by atoms with Gasteiger partial charge in [0.15, 0.2) is 0 Å². The summed E-state index contributed by atoms with van der Waals surface area (Å²) in [6.45, 7) is 7.59. The minimum atomic E-state index is -0.122. The highest BCUT2D eigenvalue weighted by atomic mass is 16.5. The molecule has 0 aromatic carbocycles. The third kappa shape index (κ3) is 5.76. The van der Waals surface area contributed by atoms with Crippen LogP contribution in [0.3, 0.4) is 0 Å². The largest absolute Gasteiger partial charge is 0.383 e. The lowest BCUT2D eigenvalue weighted by Gasteiger charge is -2.16. The number of hydrogen-bond acceptors (Lipinski definition) is 5. The summed E-state index contributed by atoms with van der Waals surface area (Å²) < 4.78 is 4.87. The third-order valence-electron chi connectivity index (χ3n) is 2.37. The molecule has 1 rings (SSSR count). The van der Waals surface area contributed by atoms with Crippen molar-refractivity contribution in [2.45, 2.75) is 26.2 Å². The summed E-state index contributed by atoms with van der Waals surface area (Å²) in [5, 5.41) is 5.69. The molecule has 1 heterocycles. The van der Waals surface area contributed by atoms with E-state index in [1.54, 1.807) is 19.5 Å². The summed E-state index contributed by atoms with van der Waals surface area (Å²) in [7, 11) is 1.62. The van der Waals surface area contributed by atoms with Gasteiger partial charge in [-0.15, -0.1) is 0 Å². The van der Waals surface area contributed by atoms with Gasteiger partial charge in [-0.3, -0.25) is 4.79 Å². The summed E-state index contributed by atoms with van der Waals surface area (Å²) in [5.41, 5.74) is 0.510. The predicted molar refractivity (Wildman–Crippen MR) is 74.1 cm³/mol. The molecular formula is C13H22N4O2. The molecule has 1 aromatic rings. The molecule has 19 heavy (non-hydrogen) atoms. The second kappa shape index (κ2) is 7.16. The van der Waals surface area contributed by atoms with Gasteiger partial charge < -0.3 is 15.4 Å². The van der Waals surface area contributed by atoms with Crippen molar-refractivity contribution in [2.75, 3.05) is 32.1 Å². The normalized spacial score (nSPS) is 11.4. The van der Waals surface area contributed by atoms with E-state index >= 15 is 0 Å². The van der Waals surface area contributed by atoms with Gasteiger partial charge in [-0.05, 0) is 0 Å². The van der Waals surface area contributed by atoms with E-state index in [9.17, 15) is 4.79 Å². The van der Waals surface area contributed by atoms with Crippen molar-refractivity contribution in [2.24, 2.45) is 0 Å². The smallest absolute Gasteiger partial charge is 0.238 e. The molecule has 0 aliphatic carbocycles. The molecule has 0 radical (unpaired) electrons. The van der Waals surface area contributed by atoms with Crippen LogP contribution in [-0.4, -0.2) is 42.7 Å². The average Bonchev–Trinajstić information content (AvgIpc) is 2.34. The van der Waals surface area contributed by atoms with Crippen molar-refractivity contribution < 1.29 is 9.53 Å². The SMILES string of the molecule is COCCNCC(=O)Nc1cnc(C(C)(C)C)nc1. The van der Waals surface area contributed by atoms with E-state index in [2.05, 4.69) is 20.6 Å². The molecule has 6 heteroatoms. The Morgan fingerprint density at radius 3 is 2.47 bits per heavy atom. The standard InChI is InChI=1S/C13H22N4O2/c1-13(2,3)12-15-7-10(8-16-12)17-11(18)9-14-5-6-19-4/h7-8,14H,5-6,9H2,1-4H3,(H,17,18). The van der Waals surface area contributed by atoms with Crippen LogP contribution >= 0.6 is 0 Å². The van der Waals surface area contributed by atoms with Crippen LogP contribution in [0, 0.1) is 0 Å². The first kappa shape index (κ1) is 15.5. The van der Waals surface area contributed by atoms with Gasteiger partial charge in [-0.25, -0.2) is 9.97 Å². The maximum absolute atomic E-state index is 11.6. The predicted octanol–water partition coefficient (Wildman–Crippen LogP) is 0.949. The molecule has 1 aromatic heterocycles. The molecular weight excluding hydrogens is 244 g/mol. The number of methoxy groups -OCH3 is 1. The molecule has 0 saturated heterocycles. The summed E-state index contributed by atoms with van der Waals surface area (Å²) >= 11 is 0. The monoisotopic (exact) mass is 266 g/mol. The topological polar surface area (TPSA) is 76.1 Å². The minimum absolute atomic E-state index is 0.0930. The first-order valence-electron chi connectivity index (χ1n) is 6.25. The second-order valence-electron chi connectivity index (χ2n) is 5.26. The Kier molecular flexibility index (Phi) is 5.85. The summed E-state index contributed by atoms with van der Waals surface area (Å²) in [6.07, 6.45) is 3.25. The van der Waals surface area contributed by atoms with Gasteiger partial charge in [0.2, 0.25) is 5.91 Å². The summed E-state index contributed by atoms with van der Waals surface area (Å²) in [5.74, 6) is 0.631. The minimum Gasteiger partial charge on any atom is -0.383 e. The van der Waals surface area contributed by atoms with Crippen LogP contribution in [0.5, 0.6) is 0 Å². The Morgan fingerprint density at radius 2 is 1.95 bits per heavy atom. The molecule has 0 aliphatic rings. The van der Waals surface area contributed by atoms with Crippen LogP contribution in [0.15, 0.2) is 12.4 Å². The maximum Gasteiger partial charge on any atom is 0.238 e. The Balaban J connectivity index is 2.43. The number of rotatable bonds is 6. The molecule has 106 valence electrons. The van der Waals surface area contributed by atoms with Gasteiger partial charge in [0, 0.05) is 19.1 Å². The lowest BCUT2D eigenvalue weighted by Crippen LogP contribution is -2.30. The molecule has 2 N–H and O–H groups in total. The van der Waals surface area contributed by atoms with E-state index in [-0.39, 0.29) is 17.9 Å². The zero-order valence-corrected chi connectivity index (χ0v) is 12.0. The van der Waals surface area contributed by atoms with Crippen molar-refractivity contribution in [3.63, 3.8) is 0 Å². The van der Waals surface area contributed by atoms with Gasteiger partial charge in [-0.2, -0.15) is 0 Å². The summed E-state index contributed by atoms with van der Waals surface area (Å²) in [6, 6.07) is 0. The molecule has 6 nitrogen and oxygen atoms in total. The number of hydrogen-bond donors (Lipinski definition) is 2. The van der Waals surface area contributed by atoms with E-state index < -0.39 is 0 Å². The van der Waals surface area contributed by atoms with Crippen molar-refractivity contribution in [3.05, 3.63) is 18.2 Å². The molecule has 0 aliphatic heterocycles. The highest BCUT2D eigenvalue weighted by Gasteiger charge is 2.16. The van der Waals surface area contributed by atoms with E-state index in [0.717, 1.165) is 5.82 Å². The van der Waals surface area contributed by atoms with E-state index in [1.165, 1.54) is 0 Å². The first-order chi connectivity index (χ1) is 8.93. The van der Waals surface area contributed by atoms with Crippen LogP contribution in [0.4, 0.5) is 5.69 Å². The van der Waals surface area contributed by atoms with Crippen molar-refractivity contribution in [1.29, 1.82) is 0 Å². The quantitative estimate of drug-likeness (QED) is 0.750. The van der Waals surface area contributed by atoms with Crippen molar-refractivity contribution in [1.82, 2.24) is 15.3 Å². The molecule has 0 saturated carbocycles. The number of ether oxygens (including phenoxy) is 1. The van der Waals surface area contributed by atoms with Gasteiger partial charge >= 0.3 is 0 Å². The van der Waals surface area contributed by atoms with Crippen LogP contribution in [0.1, 0.15) is 26.6 Å². The number of nitrogens with zero attached hydrogens (tertiary/aromatic N) is 2. The van der Waals surface area contributed by atoms with Gasteiger partial charge in [-0.1, -0.05) is 20.8 Å². The Labute approximate surface area is 114 Å². The number of nitrogens with one attached hydrogen (secondary N) is 2. The molecule has 0 spiro atoms. The van der Waals surface area contributed by atoms with Gasteiger partial charge in [0.05, 0.1) is 31.2 Å². The molecule has 0 bridgehead atoms. The van der Waals surface area contributed by atoms with Crippen LogP contribution in [0.2, 0.25) is 0 Å². The molecule has 0 unspecified atom stereocenters. The Bertz CT molecular complexity index is 398. The zero-order chi connectivity index (χ0) is 14.3.